The van der Waals surface area contributed by atoms with Crippen molar-refractivity contribution in [2.24, 2.45) is 0 Å². The Morgan fingerprint density at radius 3 is 1.28 bits per heavy atom. The van der Waals surface area contributed by atoms with E-state index in [1.807, 2.05) is 36.4 Å². The quantitative estimate of drug-likeness (QED) is 0.182. The van der Waals surface area contributed by atoms with Crippen LogP contribution in [0.4, 0.5) is 34.1 Å². The lowest BCUT2D eigenvalue weighted by atomic mass is 9.90. The molecule has 0 aromatic heterocycles. The van der Waals surface area contributed by atoms with Crippen molar-refractivity contribution < 1.29 is 0 Å². The van der Waals surface area contributed by atoms with Gasteiger partial charge in [0.25, 0.3) is 0 Å². The highest BCUT2D eigenvalue weighted by Crippen LogP contribution is 2.49. The predicted octanol–water partition coefficient (Wildman–Crippen LogP) is 7.88. The van der Waals surface area contributed by atoms with Crippen molar-refractivity contribution in [1.82, 2.24) is 0 Å². The first-order chi connectivity index (χ1) is 17.6. The van der Waals surface area contributed by atoms with Gasteiger partial charge in [-0.15, -0.1) is 0 Å². The molecule has 0 fully saturated rings. The minimum atomic E-state index is 0.720. The second kappa shape index (κ2) is 8.67. The number of hydrogen-bond donors (Lipinski definition) is 3. The summed E-state index contributed by atoms with van der Waals surface area (Å²) in [6.07, 6.45) is 0. The summed E-state index contributed by atoms with van der Waals surface area (Å²) in [4.78, 5) is 2.29. The Labute approximate surface area is 210 Å². The fourth-order valence-electron chi connectivity index (χ4n) is 4.95. The highest BCUT2D eigenvalue weighted by atomic mass is 15.1. The maximum Gasteiger partial charge on any atom is 0.0624 e. The first kappa shape index (κ1) is 21.6. The van der Waals surface area contributed by atoms with Gasteiger partial charge in [-0.3, -0.25) is 0 Å². The Bertz CT molecular complexity index is 1640. The third kappa shape index (κ3) is 3.65. The van der Waals surface area contributed by atoms with Gasteiger partial charge in [0.05, 0.1) is 5.69 Å². The first-order valence-corrected chi connectivity index (χ1v) is 11.9. The van der Waals surface area contributed by atoms with Crippen LogP contribution in [0.1, 0.15) is 0 Å². The van der Waals surface area contributed by atoms with E-state index in [1.54, 1.807) is 0 Å². The van der Waals surface area contributed by atoms with Crippen LogP contribution in [0, 0.1) is 0 Å². The van der Waals surface area contributed by atoms with Crippen LogP contribution in [0.25, 0.3) is 32.7 Å². The lowest BCUT2D eigenvalue weighted by molar-refractivity contribution is 1.30. The largest absolute Gasteiger partial charge is 0.399 e. The molecule has 0 aliphatic carbocycles. The number of fused-ring (bicyclic) bond motifs is 3. The van der Waals surface area contributed by atoms with Gasteiger partial charge in [-0.1, -0.05) is 60.7 Å². The normalized spacial score (nSPS) is 11.1. The molecule has 0 saturated carbocycles. The molecule has 36 heavy (non-hydrogen) atoms. The Morgan fingerprint density at radius 2 is 0.778 bits per heavy atom. The lowest BCUT2D eigenvalue weighted by Gasteiger charge is -2.30. The van der Waals surface area contributed by atoms with Crippen molar-refractivity contribution in [3.63, 3.8) is 0 Å². The van der Waals surface area contributed by atoms with Gasteiger partial charge >= 0.3 is 0 Å². The summed E-state index contributed by atoms with van der Waals surface area (Å²) in [5.74, 6) is 0. The molecule has 0 amide bonds. The summed E-state index contributed by atoms with van der Waals surface area (Å²) in [5.41, 5.74) is 25.7. The molecule has 0 radical (unpaired) electrons. The van der Waals surface area contributed by atoms with Crippen molar-refractivity contribution in [2.45, 2.75) is 0 Å². The maximum atomic E-state index is 6.08. The van der Waals surface area contributed by atoms with Crippen molar-refractivity contribution >= 4 is 55.7 Å². The zero-order chi connectivity index (χ0) is 24.6. The summed E-state index contributed by atoms with van der Waals surface area (Å²) in [6.45, 7) is 0. The molecule has 0 heterocycles. The molecular formula is C32H26N4. The van der Waals surface area contributed by atoms with E-state index in [2.05, 4.69) is 89.8 Å². The fourth-order valence-corrected chi connectivity index (χ4v) is 4.95. The average Bonchev–Trinajstić information content (AvgIpc) is 2.91. The molecule has 6 aromatic rings. The summed E-state index contributed by atoms with van der Waals surface area (Å²) in [7, 11) is 0. The molecule has 0 unspecified atom stereocenters. The summed E-state index contributed by atoms with van der Waals surface area (Å²) < 4.78 is 0. The van der Waals surface area contributed by atoms with Crippen LogP contribution in [0.5, 0.6) is 0 Å². The van der Waals surface area contributed by atoms with Gasteiger partial charge in [-0.05, 0) is 82.4 Å². The molecule has 0 saturated heterocycles. The van der Waals surface area contributed by atoms with E-state index in [9.17, 15) is 0 Å². The van der Waals surface area contributed by atoms with Crippen molar-refractivity contribution in [3.8, 4) is 11.1 Å². The third-order valence-electron chi connectivity index (χ3n) is 6.63. The molecule has 6 rings (SSSR count). The van der Waals surface area contributed by atoms with Gasteiger partial charge in [0.1, 0.15) is 0 Å². The Kier molecular flexibility index (Phi) is 5.20. The van der Waals surface area contributed by atoms with Gasteiger partial charge in [0.15, 0.2) is 0 Å². The molecule has 6 aromatic carbocycles. The van der Waals surface area contributed by atoms with Crippen molar-refractivity contribution in [3.05, 3.63) is 121 Å². The number of rotatable bonds is 4. The van der Waals surface area contributed by atoms with Crippen LogP contribution in [0.2, 0.25) is 0 Å². The smallest absolute Gasteiger partial charge is 0.0624 e. The Morgan fingerprint density at radius 1 is 0.389 bits per heavy atom. The van der Waals surface area contributed by atoms with Crippen LogP contribution >= 0.6 is 0 Å². The van der Waals surface area contributed by atoms with Crippen molar-refractivity contribution in [2.75, 3.05) is 22.1 Å². The highest BCUT2D eigenvalue weighted by Gasteiger charge is 2.23. The van der Waals surface area contributed by atoms with Crippen LogP contribution in [-0.4, -0.2) is 0 Å². The van der Waals surface area contributed by atoms with Gasteiger partial charge in [0, 0.05) is 39.4 Å². The molecule has 4 heteroatoms. The molecule has 0 aliphatic heterocycles. The van der Waals surface area contributed by atoms with Gasteiger partial charge in [-0.2, -0.15) is 0 Å². The van der Waals surface area contributed by atoms with E-state index in [0.29, 0.717) is 0 Å². The van der Waals surface area contributed by atoms with Crippen molar-refractivity contribution in [1.29, 1.82) is 0 Å². The van der Waals surface area contributed by atoms with E-state index in [4.69, 9.17) is 17.2 Å². The molecule has 0 bridgehead atoms. The van der Waals surface area contributed by atoms with Gasteiger partial charge < -0.3 is 22.1 Å². The number of nitrogen functional groups attached to an aromatic ring is 3. The summed E-state index contributed by atoms with van der Waals surface area (Å²) in [6, 6.07) is 41.2. The SMILES string of the molecule is Nc1ccc(-c2c(N(c3ccc(N)cc3)c3ccc(N)cc3)c3ccccc3c3ccccc23)cc1. The topological polar surface area (TPSA) is 81.3 Å². The van der Waals surface area contributed by atoms with Crippen LogP contribution in [0.3, 0.4) is 0 Å². The van der Waals surface area contributed by atoms with Crippen LogP contribution < -0.4 is 22.1 Å². The maximum absolute atomic E-state index is 6.08. The van der Waals surface area contributed by atoms with E-state index in [0.717, 1.165) is 50.6 Å². The second-order valence-corrected chi connectivity index (χ2v) is 8.96. The number of nitrogens with zero attached hydrogens (tertiary/aromatic N) is 1. The number of anilines is 6. The van der Waals surface area contributed by atoms with Crippen LogP contribution in [0.15, 0.2) is 121 Å². The predicted molar refractivity (Wildman–Crippen MR) is 155 cm³/mol. The standard InChI is InChI=1S/C32H26N4/c33-22-11-9-21(10-12-22)31-29-7-3-1-5-27(29)28-6-2-4-8-30(28)32(31)36(25-17-13-23(34)14-18-25)26-19-15-24(35)16-20-26/h1-20H,33-35H2. The summed E-state index contributed by atoms with van der Waals surface area (Å²) in [5, 5.41) is 4.72. The molecule has 4 nitrogen and oxygen atoms in total. The number of hydrogen-bond acceptors (Lipinski definition) is 4. The molecular weight excluding hydrogens is 440 g/mol. The molecule has 0 aliphatic rings. The van der Waals surface area contributed by atoms with Gasteiger partial charge in [0.2, 0.25) is 0 Å². The Hall–Kier alpha value is -4.96. The van der Waals surface area contributed by atoms with E-state index in [1.165, 1.54) is 16.2 Å². The zero-order valence-corrected chi connectivity index (χ0v) is 19.7. The third-order valence-corrected chi connectivity index (χ3v) is 6.63. The first-order valence-electron chi connectivity index (χ1n) is 11.9. The van der Waals surface area contributed by atoms with E-state index in [-0.39, 0.29) is 0 Å². The van der Waals surface area contributed by atoms with E-state index >= 15 is 0 Å². The Balaban J connectivity index is 1.80. The van der Waals surface area contributed by atoms with E-state index < -0.39 is 0 Å². The molecule has 0 spiro atoms. The minimum Gasteiger partial charge on any atom is -0.399 e. The minimum absolute atomic E-state index is 0.720. The molecule has 174 valence electrons. The van der Waals surface area contributed by atoms with Gasteiger partial charge in [-0.25, -0.2) is 0 Å². The number of benzene rings is 6. The fraction of sp³-hybridized carbons (Fsp3) is 0. The number of nitrogens with two attached hydrogens (primary N) is 3. The summed E-state index contributed by atoms with van der Waals surface area (Å²) >= 11 is 0. The monoisotopic (exact) mass is 466 g/mol. The van der Waals surface area contributed by atoms with Crippen LogP contribution in [-0.2, 0) is 0 Å². The molecule has 6 N–H and O–H groups in total. The second-order valence-electron chi connectivity index (χ2n) is 8.96. The zero-order valence-electron chi connectivity index (χ0n) is 19.7. The lowest BCUT2D eigenvalue weighted by Crippen LogP contribution is -2.12. The average molecular weight is 467 g/mol. The highest BCUT2D eigenvalue weighted by molar-refractivity contribution is 6.22. The molecule has 0 atom stereocenters.